The molecule has 3 nitrogen and oxygen atoms in total. The maximum atomic E-state index is 12.7. The zero-order valence-corrected chi connectivity index (χ0v) is 12.4. The van der Waals surface area contributed by atoms with Gasteiger partial charge in [0.25, 0.3) is 0 Å². The van der Waals surface area contributed by atoms with Crippen molar-refractivity contribution in [3.8, 4) is 5.75 Å². The van der Waals surface area contributed by atoms with Gasteiger partial charge < -0.3 is 10.5 Å². The summed E-state index contributed by atoms with van der Waals surface area (Å²) in [7, 11) is 1.55. The number of hydrogen-bond donors (Lipinski definition) is 1. The van der Waals surface area contributed by atoms with E-state index in [1.165, 1.54) is 0 Å². The van der Waals surface area contributed by atoms with Crippen LogP contribution in [0.4, 0.5) is 13.2 Å². The minimum absolute atomic E-state index is 0.0545. The van der Waals surface area contributed by atoms with Gasteiger partial charge in [0.1, 0.15) is 5.75 Å². The second-order valence-corrected chi connectivity index (χ2v) is 5.06. The van der Waals surface area contributed by atoms with E-state index in [9.17, 15) is 13.2 Å². The molecule has 2 aromatic rings. The van der Waals surface area contributed by atoms with Crippen molar-refractivity contribution >= 4 is 11.6 Å². The van der Waals surface area contributed by atoms with Crippen molar-refractivity contribution < 1.29 is 17.9 Å². The Balaban J connectivity index is 2.38. The largest absolute Gasteiger partial charge is 0.497 e. The molecule has 7 heteroatoms. The average molecular weight is 331 g/mol. The number of pyridine rings is 1. The summed E-state index contributed by atoms with van der Waals surface area (Å²) < 4.78 is 43.0. The standard InChI is InChI=1S/C15H14ClF3N2O/c1-22-11-4-2-9(3-5-11)12(7-20)14-13(16)6-10(8-21-14)15(17,18)19/h2-6,8,12H,7,20H2,1H3. The minimum atomic E-state index is -4.48. The molecule has 0 radical (unpaired) electrons. The van der Waals surface area contributed by atoms with Gasteiger partial charge in [0, 0.05) is 18.7 Å². The van der Waals surface area contributed by atoms with Gasteiger partial charge in [0.2, 0.25) is 0 Å². The molecule has 1 unspecified atom stereocenters. The lowest BCUT2D eigenvalue weighted by atomic mass is 9.95. The van der Waals surface area contributed by atoms with Crippen molar-refractivity contribution in [1.82, 2.24) is 4.98 Å². The fourth-order valence-corrected chi connectivity index (χ4v) is 2.40. The lowest BCUT2D eigenvalue weighted by Gasteiger charge is -2.17. The second kappa shape index (κ2) is 6.54. The topological polar surface area (TPSA) is 48.1 Å². The van der Waals surface area contributed by atoms with Gasteiger partial charge in [0.15, 0.2) is 0 Å². The molecule has 0 aliphatic rings. The molecular weight excluding hydrogens is 317 g/mol. The second-order valence-electron chi connectivity index (χ2n) is 4.65. The number of rotatable bonds is 4. The van der Waals surface area contributed by atoms with Crippen LogP contribution in [-0.2, 0) is 6.18 Å². The Labute approximate surface area is 130 Å². The van der Waals surface area contributed by atoms with Crippen molar-refractivity contribution in [3.63, 3.8) is 0 Å². The highest BCUT2D eigenvalue weighted by atomic mass is 35.5. The van der Waals surface area contributed by atoms with E-state index < -0.39 is 11.7 Å². The molecule has 1 atom stereocenters. The van der Waals surface area contributed by atoms with Gasteiger partial charge in [-0.3, -0.25) is 4.98 Å². The Bertz CT molecular complexity index is 644. The fourth-order valence-electron chi connectivity index (χ4n) is 2.10. The Morgan fingerprint density at radius 1 is 1.27 bits per heavy atom. The summed E-state index contributed by atoms with van der Waals surface area (Å²) in [6.45, 7) is 0.171. The summed E-state index contributed by atoms with van der Waals surface area (Å²) in [5, 5.41) is -0.0545. The molecule has 0 bridgehead atoms. The van der Waals surface area contributed by atoms with E-state index >= 15 is 0 Å². The predicted molar refractivity (Wildman–Crippen MR) is 78.1 cm³/mol. The molecule has 2 N–H and O–H groups in total. The Morgan fingerprint density at radius 3 is 2.36 bits per heavy atom. The number of nitrogens with zero attached hydrogens (tertiary/aromatic N) is 1. The predicted octanol–water partition coefficient (Wildman–Crippen LogP) is 3.85. The van der Waals surface area contributed by atoms with Crippen molar-refractivity contribution in [2.24, 2.45) is 5.73 Å². The molecule has 118 valence electrons. The number of halogens is 4. The van der Waals surface area contributed by atoms with E-state index in [2.05, 4.69) is 4.98 Å². The molecule has 1 aromatic carbocycles. The van der Waals surface area contributed by atoms with Crippen molar-refractivity contribution in [1.29, 1.82) is 0 Å². The fraction of sp³-hybridized carbons (Fsp3) is 0.267. The molecule has 0 saturated heterocycles. The third-order valence-electron chi connectivity index (χ3n) is 3.28. The van der Waals surface area contributed by atoms with Gasteiger partial charge in [-0.25, -0.2) is 0 Å². The molecule has 22 heavy (non-hydrogen) atoms. The molecular formula is C15H14ClF3N2O. The monoisotopic (exact) mass is 330 g/mol. The van der Waals surface area contributed by atoms with Crippen LogP contribution in [0.3, 0.4) is 0 Å². The van der Waals surface area contributed by atoms with Crippen LogP contribution in [0.2, 0.25) is 5.02 Å². The first-order valence-corrected chi connectivity index (χ1v) is 6.81. The third kappa shape index (κ3) is 3.51. The number of alkyl halides is 3. The Morgan fingerprint density at radius 2 is 1.91 bits per heavy atom. The normalized spacial score (nSPS) is 13.0. The van der Waals surface area contributed by atoms with Crippen molar-refractivity contribution in [3.05, 3.63) is 58.4 Å². The van der Waals surface area contributed by atoms with Gasteiger partial charge in [0.05, 0.1) is 23.4 Å². The molecule has 0 aliphatic heterocycles. The summed E-state index contributed by atoms with van der Waals surface area (Å²) in [5.74, 6) is 0.284. The first kappa shape index (κ1) is 16.6. The quantitative estimate of drug-likeness (QED) is 0.926. The number of benzene rings is 1. The van der Waals surface area contributed by atoms with Crippen LogP contribution in [0.5, 0.6) is 5.75 Å². The molecule has 2 rings (SSSR count). The molecule has 0 fully saturated rings. The lowest BCUT2D eigenvalue weighted by molar-refractivity contribution is -0.137. The van der Waals surface area contributed by atoms with Gasteiger partial charge >= 0.3 is 6.18 Å². The van der Waals surface area contributed by atoms with Crippen LogP contribution in [0.25, 0.3) is 0 Å². The smallest absolute Gasteiger partial charge is 0.417 e. The summed E-state index contributed by atoms with van der Waals surface area (Å²) in [6, 6.07) is 7.93. The van der Waals surface area contributed by atoms with E-state index in [4.69, 9.17) is 22.1 Å². The van der Waals surface area contributed by atoms with E-state index in [0.717, 1.165) is 17.8 Å². The molecule has 1 aromatic heterocycles. The highest BCUT2D eigenvalue weighted by molar-refractivity contribution is 6.31. The van der Waals surface area contributed by atoms with E-state index in [-0.39, 0.29) is 17.5 Å². The van der Waals surface area contributed by atoms with Gasteiger partial charge in [-0.2, -0.15) is 13.2 Å². The summed E-state index contributed by atoms with van der Waals surface area (Å²) >= 11 is 5.97. The van der Waals surface area contributed by atoms with Crippen LogP contribution in [0.15, 0.2) is 36.5 Å². The number of nitrogens with two attached hydrogens (primary N) is 1. The number of ether oxygens (including phenoxy) is 1. The van der Waals surface area contributed by atoms with Crippen LogP contribution < -0.4 is 10.5 Å². The summed E-state index contributed by atoms with van der Waals surface area (Å²) in [4.78, 5) is 3.87. The van der Waals surface area contributed by atoms with Crippen LogP contribution in [-0.4, -0.2) is 18.6 Å². The Kier molecular flexibility index (Phi) is 4.93. The lowest BCUT2D eigenvalue weighted by Crippen LogP contribution is -2.16. The number of hydrogen-bond acceptors (Lipinski definition) is 3. The summed E-state index contributed by atoms with van der Waals surface area (Å²) in [5.41, 5.74) is 5.99. The molecule has 0 saturated carbocycles. The third-order valence-corrected chi connectivity index (χ3v) is 3.58. The van der Waals surface area contributed by atoms with Gasteiger partial charge in [-0.1, -0.05) is 23.7 Å². The van der Waals surface area contributed by atoms with Crippen LogP contribution in [0.1, 0.15) is 22.7 Å². The molecule has 0 spiro atoms. The number of aromatic nitrogens is 1. The van der Waals surface area contributed by atoms with E-state index in [1.807, 2.05) is 0 Å². The zero-order valence-electron chi connectivity index (χ0n) is 11.7. The highest BCUT2D eigenvalue weighted by Gasteiger charge is 2.32. The zero-order chi connectivity index (χ0) is 16.3. The highest BCUT2D eigenvalue weighted by Crippen LogP contribution is 2.34. The van der Waals surface area contributed by atoms with Crippen LogP contribution >= 0.6 is 11.6 Å². The SMILES string of the molecule is COc1ccc(C(CN)c2ncc(C(F)(F)F)cc2Cl)cc1. The molecule has 1 heterocycles. The maximum absolute atomic E-state index is 12.7. The van der Waals surface area contributed by atoms with Crippen molar-refractivity contribution in [2.75, 3.05) is 13.7 Å². The maximum Gasteiger partial charge on any atom is 0.417 e. The van der Waals surface area contributed by atoms with Gasteiger partial charge in [-0.15, -0.1) is 0 Å². The average Bonchev–Trinajstić information content (AvgIpc) is 2.49. The van der Waals surface area contributed by atoms with Gasteiger partial charge in [-0.05, 0) is 23.8 Å². The first-order valence-electron chi connectivity index (χ1n) is 6.43. The minimum Gasteiger partial charge on any atom is -0.497 e. The first-order chi connectivity index (χ1) is 10.4. The van der Waals surface area contributed by atoms with Crippen molar-refractivity contribution in [2.45, 2.75) is 12.1 Å². The van der Waals surface area contributed by atoms with E-state index in [1.54, 1.807) is 31.4 Å². The molecule has 0 aliphatic carbocycles. The number of methoxy groups -OCH3 is 1. The molecule has 0 amide bonds. The van der Waals surface area contributed by atoms with Crippen LogP contribution in [0, 0.1) is 0 Å². The van der Waals surface area contributed by atoms with E-state index in [0.29, 0.717) is 11.4 Å². The summed E-state index contributed by atoms with van der Waals surface area (Å²) in [6.07, 6.45) is -3.71. The Hall–Kier alpha value is -1.79.